The highest BCUT2D eigenvalue weighted by molar-refractivity contribution is 5.67. The van der Waals surface area contributed by atoms with Crippen LogP contribution < -0.4 is 10.6 Å². The average molecular weight is 398 g/mol. The van der Waals surface area contributed by atoms with Crippen molar-refractivity contribution in [3.8, 4) is 0 Å². The smallest absolute Gasteiger partial charge is 0.409 e. The van der Waals surface area contributed by atoms with Gasteiger partial charge in [-0.3, -0.25) is 0 Å². The Morgan fingerprint density at radius 3 is 2.69 bits per heavy atom. The fourth-order valence-corrected chi connectivity index (χ4v) is 3.48. The molecule has 0 spiro atoms. The van der Waals surface area contributed by atoms with Crippen LogP contribution in [0.1, 0.15) is 37.4 Å². The second kappa shape index (κ2) is 10.6. The van der Waals surface area contributed by atoms with Gasteiger partial charge in [0.15, 0.2) is 0 Å². The van der Waals surface area contributed by atoms with E-state index in [9.17, 15) is 4.79 Å². The van der Waals surface area contributed by atoms with Crippen molar-refractivity contribution < 1.29 is 9.53 Å². The van der Waals surface area contributed by atoms with Crippen molar-refractivity contribution in [2.75, 3.05) is 36.9 Å². The summed E-state index contributed by atoms with van der Waals surface area (Å²) < 4.78 is 5.07. The zero-order chi connectivity index (χ0) is 20.5. The van der Waals surface area contributed by atoms with Crippen LogP contribution >= 0.6 is 0 Å². The summed E-state index contributed by atoms with van der Waals surface area (Å²) in [5.41, 5.74) is 2.28. The number of amides is 1. The van der Waals surface area contributed by atoms with Gasteiger partial charge in [0.25, 0.3) is 0 Å². The van der Waals surface area contributed by atoms with Crippen molar-refractivity contribution in [3.05, 3.63) is 47.7 Å². The van der Waals surface area contributed by atoms with Crippen molar-refractivity contribution in [2.45, 2.75) is 45.6 Å². The first-order chi connectivity index (χ1) is 14.1. The van der Waals surface area contributed by atoms with Crippen molar-refractivity contribution in [1.82, 2.24) is 14.9 Å². The van der Waals surface area contributed by atoms with Crippen LogP contribution in [0.15, 0.2) is 36.4 Å². The molecule has 29 heavy (non-hydrogen) atoms. The summed E-state index contributed by atoms with van der Waals surface area (Å²) in [4.78, 5) is 22.7. The average Bonchev–Trinajstić information content (AvgIpc) is 2.72. The van der Waals surface area contributed by atoms with Crippen LogP contribution in [0.3, 0.4) is 0 Å². The van der Waals surface area contributed by atoms with Crippen LogP contribution in [0, 0.1) is 6.92 Å². The van der Waals surface area contributed by atoms with Gasteiger partial charge in [-0.25, -0.2) is 9.78 Å². The minimum absolute atomic E-state index is 0.222. The predicted molar refractivity (Wildman–Crippen MR) is 115 cm³/mol. The number of piperidine rings is 1. The maximum absolute atomic E-state index is 11.8. The van der Waals surface area contributed by atoms with E-state index in [4.69, 9.17) is 4.74 Å². The first-order valence-electron chi connectivity index (χ1n) is 10.5. The Labute approximate surface area is 172 Å². The van der Waals surface area contributed by atoms with E-state index in [1.807, 2.05) is 26.0 Å². The third-order valence-corrected chi connectivity index (χ3v) is 5.00. The van der Waals surface area contributed by atoms with Crippen LogP contribution in [0.4, 0.5) is 16.6 Å². The number of hydrogen-bond donors (Lipinski definition) is 2. The molecule has 2 N–H and O–H groups in total. The third kappa shape index (κ3) is 6.62. The first kappa shape index (κ1) is 20.9. The summed E-state index contributed by atoms with van der Waals surface area (Å²) in [6.45, 7) is 6.46. The zero-order valence-corrected chi connectivity index (χ0v) is 17.4. The molecule has 1 amide bonds. The summed E-state index contributed by atoms with van der Waals surface area (Å²) >= 11 is 0. The number of carbonyl (C=O) groups excluding carboxylic acids is 1. The minimum atomic E-state index is -0.222. The number of likely N-dealkylation sites (tertiary alicyclic amines) is 1. The summed E-state index contributed by atoms with van der Waals surface area (Å²) in [5.74, 6) is 1.49. The fourth-order valence-electron chi connectivity index (χ4n) is 3.48. The molecule has 0 radical (unpaired) electrons. The number of hydrogen-bond acceptors (Lipinski definition) is 6. The number of anilines is 2. The number of rotatable bonds is 8. The molecular weight excluding hydrogens is 366 g/mol. The lowest BCUT2D eigenvalue weighted by molar-refractivity contribution is 0.0983. The first-order valence-corrected chi connectivity index (χ1v) is 10.5. The predicted octanol–water partition coefficient (Wildman–Crippen LogP) is 3.86. The molecule has 1 aliphatic rings. The van der Waals surface area contributed by atoms with E-state index >= 15 is 0 Å². The Bertz CT molecular complexity index is 776. The summed E-state index contributed by atoms with van der Waals surface area (Å²) in [7, 11) is 0. The van der Waals surface area contributed by atoms with E-state index in [2.05, 4.69) is 44.9 Å². The Morgan fingerprint density at radius 2 is 1.97 bits per heavy atom. The molecule has 3 rings (SSSR count). The Morgan fingerprint density at radius 1 is 1.21 bits per heavy atom. The molecule has 1 aliphatic heterocycles. The molecule has 1 fully saturated rings. The van der Waals surface area contributed by atoms with Crippen LogP contribution in [-0.2, 0) is 11.2 Å². The molecule has 7 nitrogen and oxygen atoms in total. The Hall–Kier alpha value is -2.83. The molecule has 0 bridgehead atoms. The van der Waals surface area contributed by atoms with Crippen molar-refractivity contribution >= 4 is 17.9 Å². The third-order valence-electron chi connectivity index (χ3n) is 5.00. The van der Waals surface area contributed by atoms with Crippen LogP contribution in [-0.4, -0.2) is 53.2 Å². The molecule has 0 unspecified atom stereocenters. The molecule has 0 saturated carbocycles. The number of benzene rings is 1. The molecule has 0 aliphatic carbocycles. The van der Waals surface area contributed by atoms with Gasteiger partial charge in [0.05, 0.1) is 6.61 Å². The van der Waals surface area contributed by atoms with Gasteiger partial charge >= 0.3 is 6.09 Å². The topological polar surface area (TPSA) is 79.4 Å². The van der Waals surface area contributed by atoms with E-state index in [0.717, 1.165) is 43.7 Å². The number of carbonyl (C=O) groups is 1. The number of aromatic nitrogens is 2. The van der Waals surface area contributed by atoms with E-state index in [1.165, 1.54) is 5.56 Å². The van der Waals surface area contributed by atoms with E-state index in [1.54, 1.807) is 4.90 Å². The molecule has 2 heterocycles. The molecule has 2 aromatic rings. The summed E-state index contributed by atoms with van der Waals surface area (Å²) in [6.07, 6.45) is 3.58. The maximum Gasteiger partial charge on any atom is 0.409 e. The largest absolute Gasteiger partial charge is 0.450 e. The molecule has 1 aromatic carbocycles. The lowest BCUT2D eigenvalue weighted by atomic mass is 10.1. The second-order valence-electron chi connectivity index (χ2n) is 7.34. The van der Waals surface area contributed by atoms with Gasteiger partial charge < -0.3 is 20.3 Å². The standard InChI is InChI=1S/C22H31N5O2/c1-3-29-22(28)27-14-11-19(12-15-27)25-21-24-17(2)16-20(26-21)23-13-7-10-18-8-5-4-6-9-18/h4-6,8-9,16,19H,3,7,10-15H2,1-2H3,(H2,23,24,25,26). The quantitative estimate of drug-likeness (QED) is 0.659. The monoisotopic (exact) mass is 397 g/mol. The number of nitrogens with one attached hydrogen (secondary N) is 2. The second-order valence-corrected chi connectivity index (χ2v) is 7.34. The summed E-state index contributed by atoms with van der Waals surface area (Å²) in [5, 5.41) is 6.84. The molecule has 156 valence electrons. The van der Waals surface area contributed by atoms with Gasteiger partial charge in [-0.1, -0.05) is 30.3 Å². The van der Waals surface area contributed by atoms with E-state index < -0.39 is 0 Å². The molecule has 1 aromatic heterocycles. The highest BCUT2D eigenvalue weighted by Gasteiger charge is 2.24. The van der Waals surface area contributed by atoms with Crippen molar-refractivity contribution in [3.63, 3.8) is 0 Å². The summed E-state index contributed by atoms with van der Waals surface area (Å²) in [6, 6.07) is 12.7. The van der Waals surface area contributed by atoms with Crippen LogP contribution in [0.25, 0.3) is 0 Å². The number of aryl methyl sites for hydroxylation is 2. The van der Waals surface area contributed by atoms with Gasteiger partial charge in [-0.05, 0) is 45.1 Å². The maximum atomic E-state index is 11.8. The highest BCUT2D eigenvalue weighted by atomic mass is 16.6. The normalized spacial score (nSPS) is 14.5. The van der Waals surface area contributed by atoms with Gasteiger partial charge in [0, 0.05) is 37.4 Å². The molecule has 7 heteroatoms. The molecule has 0 atom stereocenters. The number of ether oxygens (including phenoxy) is 1. The fraction of sp³-hybridized carbons (Fsp3) is 0.500. The SMILES string of the molecule is CCOC(=O)N1CCC(Nc2nc(C)cc(NCCCc3ccccc3)n2)CC1. The lowest BCUT2D eigenvalue weighted by Crippen LogP contribution is -2.42. The molecule has 1 saturated heterocycles. The van der Waals surface area contributed by atoms with Gasteiger partial charge in [-0.15, -0.1) is 0 Å². The van der Waals surface area contributed by atoms with Crippen LogP contribution in [0.5, 0.6) is 0 Å². The lowest BCUT2D eigenvalue weighted by Gasteiger charge is -2.31. The molecular formula is C22H31N5O2. The Kier molecular flexibility index (Phi) is 7.67. The zero-order valence-electron chi connectivity index (χ0n) is 17.4. The van der Waals surface area contributed by atoms with Crippen molar-refractivity contribution in [1.29, 1.82) is 0 Å². The van der Waals surface area contributed by atoms with Crippen LogP contribution in [0.2, 0.25) is 0 Å². The van der Waals surface area contributed by atoms with Crippen molar-refractivity contribution in [2.24, 2.45) is 0 Å². The van der Waals surface area contributed by atoms with Gasteiger partial charge in [0.2, 0.25) is 5.95 Å². The minimum Gasteiger partial charge on any atom is -0.450 e. The van der Waals surface area contributed by atoms with E-state index in [0.29, 0.717) is 25.6 Å². The number of nitrogens with zero attached hydrogens (tertiary/aromatic N) is 3. The van der Waals surface area contributed by atoms with E-state index in [-0.39, 0.29) is 12.1 Å². The Balaban J connectivity index is 1.46. The highest BCUT2D eigenvalue weighted by Crippen LogP contribution is 2.17. The van der Waals surface area contributed by atoms with Gasteiger partial charge in [-0.2, -0.15) is 4.98 Å². The van der Waals surface area contributed by atoms with Gasteiger partial charge in [0.1, 0.15) is 5.82 Å².